The fourth-order valence-electron chi connectivity index (χ4n) is 1.56. The van der Waals surface area contributed by atoms with Crippen molar-refractivity contribution in [3.8, 4) is 0 Å². The summed E-state index contributed by atoms with van der Waals surface area (Å²) in [4.78, 5) is 24.0. The minimum absolute atomic E-state index is 0.00176. The van der Waals surface area contributed by atoms with E-state index in [0.29, 0.717) is 13.0 Å². The number of carbonyl (C=O) groups is 2. The van der Waals surface area contributed by atoms with Gasteiger partial charge in [0.2, 0.25) is 5.91 Å². The number of aliphatic carboxylic acids is 1. The molecule has 16 heavy (non-hydrogen) atoms. The zero-order valence-corrected chi connectivity index (χ0v) is 9.81. The summed E-state index contributed by atoms with van der Waals surface area (Å²) in [6, 6.07) is 0.260. The van der Waals surface area contributed by atoms with Crippen molar-refractivity contribution in [1.82, 2.24) is 4.90 Å². The number of nitrogens with zero attached hydrogens (tertiary/aromatic N) is 1. The Balaban J connectivity index is 2.42. The monoisotopic (exact) mass is 229 g/mol. The van der Waals surface area contributed by atoms with Gasteiger partial charge in [0, 0.05) is 19.7 Å². The number of carboxylic acid groups (broad SMARTS) is 1. The van der Waals surface area contributed by atoms with Gasteiger partial charge in [0.15, 0.2) is 0 Å². The molecule has 1 amide bonds. The second kappa shape index (κ2) is 5.84. The molecule has 0 aromatic carbocycles. The van der Waals surface area contributed by atoms with Crippen LogP contribution in [-0.4, -0.2) is 47.7 Å². The zero-order valence-electron chi connectivity index (χ0n) is 9.81. The number of hydrogen-bond donors (Lipinski definition) is 1. The van der Waals surface area contributed by atoms with E-state index >= 15 is 0 Å². The number of hydrogen-bond acceptors (Lipinski definition) is 3. The molecule has 0 radical (unpaired) electrons. The van der Waals surface area contributed by atoms with E-state index in [1.807, 2.05) is 6.92 Å². The molecule has 1 rings (SSSR count). The first-order chi connectivity index (χ1) is 7.54. The predicted octanol–water partition coefficient (Wildman–Crippen LogP) is 0.877. The van der Waals surface area contributed by atoms with Crippen molar-refractivity contribution in [2.45, 2.75) is 44.8 Å². The van der Waals surface area contributed by atoms with Gasteiger partial charge in [0.25, 0.3) is 0 Å². The van der Waals surface area contributed by atoms with E-state index in [2.05, 4.69) is 0 Å². The Kier molecular flexibility index (Phi) is 4.73. The highest BCUT2D eigenvalue weighted by molar-refractivity contribution is 5.78. The lowest BCUT2D eigenvalue weighted by atomic mass is 10.2. The smallest absolute Gasteiger partial charge is 0.305 e. The summed E-state index contributed by atoms with van der Waals surface area (Å²) in [7, 11) is 1.57. The maximum absolute atomic E-state index is 11.9. The lowest BCUT2D eigenvalue weighted by molar-refractivity contribution is -0.139. The van der Waals surface area contributed by atoms with Crippen molar-refractivity contribution in [2.75, 3.05) is 13.7 Å². The van der Waals surface area contributed by atoms with Gasteiger partial charge < -0.3 is 14.7 Å². The van der Waals surface area contributed by atoms with E-state index in [-0.39, 0.29) is 24.5 Å². The van der Waals surface area contributed by atoms with Crippen molar-refractivity contribution in [3.05, 3.63) is 0 Å². The van der Waals surface area contributed by atoms with Crippen LogP contribution in [-0.2, 0) is 14.3 Å². The fourth-order valence-corrected chi connectivity index (χ4v) is 1.56. The van der Waals surface area contributed by atoms with Crippen LogP contribution in [0.5, 0.6) is 0 Å². The standard InChI is InChI=1S/C11H19NO4/c1-8(16-2)7-10(13)12(9-3-4-9)6-5-11(14)15/h8-9H,3-7H2,1-2H3,(H,14,15). The number of rotatable bonds is 7. The third-order valence-electron chi connectivity index (χ3n) is 2.74. The molecule has 1 aliphatic rings. The van der Waals surface area contributed by atoms with Crippen LogP contribution < -0.4 is 0 Å². The van der Waals surface area contributed by atoms with Crippen LogP contribution in [0.1, 0.15) is 32.6 Å². The van der Waals surface area contributed by atoms with Crippen LogP contribution in [0.3, 0.4) is 0 Å². The third kappa shape index (κ3) is 4.18. The van der Waals surface area contributed by atoms with Gasteiger partial charge in [0.1, 0.15) is 0 Å². The summed E-state index contributed by atoms with van der Waals surface area (Å²) in [5.74, 6) is -0.865. The highest BCUT2D eigenvalue weighted by Gasteiger charge is 2.32. The average Bonchev–Trinajstić information content (AvgIpc) is 3.01. The second-order valence-corrected chi connectivity index (χ2v) is 4.21. The Hall–Kier alpha value is -1.10. The molecule has 5 nitrogen and oxygen atoms in total. The second-order valence-electron chi connectivity index (χ2n) is 4.21. The molecule has 1 aliphatic carbocycles. The number of carbonyl (C=O) groups excluding carboxylic acids is 1. The van der Waals surface area contributed by atoms with Gasteiger partial charge in [-0.05, 0) is 19.8 Å². The van der Waals surface area contributed by atoms with Crippen LogP contribution in [0, 0.1) is 0 Å². The Morgan fingerprint density at radius 1 is 1.50 bits per heavy atom. The van der Waals surface area contributed by atoms with E-state index in [1.54, 1.807) is 12.0 Å². The summed E-state index contributed by atoms with van der Waals surface area (Å²) in [6.07, 6.45) is 2.22. The van der Waals surface area contributed by atoms with Crippen LogP contribution in [0.2, 0.25) is 0 Å². The first kappa shape index (κ1) is 13.0. The molecule has 0 heterocycles. The van der Waals surface area contributed by atoms with Crippen LogP contribution in [0.15, 0.2) is 0 Å². The highest BCUT2D eigenvalue weighted by Crippen LogP contribution is 2.27. The molecule has 0 spiro atoms. The van der Waals surface area contributed by atoms with Crippen LogP contribution >= 0.6 is 0 Å². The Morgan fingerprint density at radius 3 is 2.56 bits per heavy atom. The molecule has 0 aromatic heterocycles. The minimum Gasteiger partial charge on any atom is -0.481 e. The summed E-state index contributed by atoms with van der Waals surface area (Å²) in [5.41, 5.74) is 0. The van der Waals surface area contributed by atoms with Gasteiger partial charge >= 0.3 is 5.97 Å². The Bertz CT molecular complexity index is 263. The van der Waals surface area contributed by atoms with E-state index in [9.17, 15) is 9.59 Å². The molecule has 0 bridgehead atoms. The van der Waals surface area contributed by atoms with E-state index in [4.69, 9.17) is 9.84 Å². The van der Waals surface area contributed by atoms with Gasteiger partial charge in [-0.2, -0.15) is 0 Å². The van der Waals surface area contributed by atoms with E-state index in [0.717, 1.165) is 12.8 Å². The van der Waals surface area contributed by atoms with Crippen molar-refractivity contribution in [1.29, 1.82) is 0 Å². The average molecular weight is 229 g/mol. The lowest BCUT2D eigenvalue weighted by Gasteiger charge is -2.23. The quantitative estimate of drug-likeness (QED) is 0.703. The summed E-state index contributed by atoms with van der Waals surface area (Å²) < 4.78 is 5.03. The highest BCUT2D eigenvalue weighted by atomic mass is 16.5. The summed E-state index contributed by atoms with van der Waals surface area (Å²) >= 11 is 0. The molecule has 0 aromatic rings. The van der Waals surface area contributed by atoms with Crippen LogP contribution in [0.4, 0.5) is 0 Å². The molecular weight excluding hydrogens is 210 g/mol. The van der Waals surface area contributed by atoms with E-state index < -0.39 is 5.97 Å². The normalized spacial score (nSPS) is 16.9. The molecule has 92 valence electrons. The molecule has 5 heteroatoms. The largest absolute Gasteiger partial charge is 0.481 e. The van der Waals surface area contributed by atoms with Gasteiger partial charge in [0.05, 0.1) is 18.9 Å². The summed E-state index contributed by atoms with van der Waals surface area (Å²) in [6.45, 7) is 2.15. The zero-order chi connectivity index (χ0) is 12.1. The van der Waals surface area contributed by atoms with Crippen molar-refractivity contribution < 1.29 is 19.4 Å². The SMILES string of the molecule is COC(C)CC(=O)N(CCC(=O)O)C1CC1. The molecule has 0 aliphatic heterocycles. The number of ether oxygens (including phenoxy) is 1. The molecule has 1 unspecified atom stereocenters. The minimum atomic E-state index is -0.863. The Labute approximate surface area is 95.4 Å². The van der Waals surface area contributed by atoms with Crippen molar-refractivity contribution in [3.63, 3.8) is 0 Å². The molecule has 1 N–H and O–H groups in total. The maximum Gasteiger partial charge on any atom is 0.305 e. The predicted molar refractivity (Wildman–Crippen MR) is 58.1 cm³/mol. The number of methoxy groups -OCH3 is 1. The first-order valence-electron chi connectivity index (χ1n) is 5.58. The first-order valence-corrected chi connectivity index (χ1v) is 5.58. The molecule has 1 fully saturated rings. The Morgan fingerprint density at radius 2 is 2.12 bits per heavy atom. The topological polar surface area (TPSA) is 66.8 Å². The van der Waals surface area contributed by atoms with Gasteiger partial charge in [-0.1, -0.05) is 0 Å². The van der Waals surface area contributed by atoms with Gasteiger partial charge in [-0.25, -0.2) is 0 Å². The number of amides is 1. The van der Waals surface area contributed by atoms with Gasteiger partial charge in [-0.15, -0.1) is 0 Å². The molecule has 1 atom stereocenters. The van der Waals surface area contributed by atoms with Crippen LogP contribution in [0.25, 0.3) is 0 Å². The van der Waals surface area contributed by atoms with Gasteiger partial charge in [-0.3, -0.25) is 9.59 Å². The molecule has 1 saturated carbocycles. The van der Waals surface area contributed by atoms with E-state index in [1.165, 1.54) is 0 Å². The fraction of sp³-hybridized carbons (Fsp3) is 0.818. The molecular formula is C11H19NO4. The third-order valence-corrected chi connectivity index (χ3v) is 2.74. The lowest BCUT2D eigenvalue weighted by Crippen LogP contribution is -2.36. The van der Waals surface area contributed by atoms with Crippen molar-refractivity contribution in [2.24, 2.45) is 0 Å². The van der Waals surface area contributed by atoms with Crippen molar-refractivity contribution >= 4 is 11.9 Å². The summed E-state index contributed by atoms with van der Waals surface area (Å²) in [5, 5.41) is 8.61. The molecule has 0 saturated heterocycles. The number of carboxylic acids is 1. The maximum atomic E-state index is 11.9.